The van der Waals surface area contributed by atoms with Gasteiger partial charge in [0.05, 0.1) is 17.5 Å². The van der Waals surface area contributed by atoms with Crippen molar-refractivity contribution < 1.29 is 9.59 Å². The first kappa shape index (κ1) is 18.4. The van der Waals surface area contributed by atoms with E-state index in [4.69, 9.17) is 5.73 Å². The van der Waals surface area contributed by atoms with Crippen molar-refractivity contribution in [2.24, 2.45) is 11.7 Å². The molecule has 0 saturated carbocycles. The summed E-state index contributed by atoms with van der Waals surface area (Å²) < 4.78 is 0. The van der Waals surface area contributed by atoms with Crippen LogP contribution in [0.1, 0.15) is 49.7 Å². The summed E-state index contributed by atoms with van der Waals surface area (Å²) in [6.07, 6.45) is 1.47. The van der Waals surface area contributed by atoms with Crippen LogP contribution in [-0.4, -0.2) is 27.0 Å². The van der Waals surface area contributed by atoms with Gasteiger partial charge in [0.15, 0.2) is 0 Å². The smallest absolute Gasteiger partial charge is 0.286 e. The van der Waals surface area contributed by atoms with Crippen LogP contribution in [0, 0.1) is 19.8 Å². The van der Waals surface area contributed by atoms with E-state index in [0.29, 0.717) is 12.2 Å². The molecular formula is C20H21N5O2S. The molecule has 0 saturated heterocycles. The minimum atomic E-state index is -0.677. The SMILES string of the molecule is Cc1sc(C)c2c1CCC(C(c1ccccc1)c1nnc(C(N)=O)[nH]1)C(=O)N2. The topological polar surface area (TPSA) is 114 Å². The highest BCUT2D eigenvalue weighted by Crippen LogP contribution is 2.40. The van der Waals surface area contributed by atoms with Crippen LogP contribution in [0.2, 0.25) is 0 Å². The number of nitrogens with zero attached hydrogens (tertiary/aromatic N) is 2. The fourth-order valence-electron chi connectivity index (χ4n) is 3.93. The minimum absolute atomic E-state index is 0.00432. The highest BCUT2D eigenvalue weighted by Gasteiger charge is 2.36. The number of primary amides is 1. The summed E-state index contributed by atoms with van der Waals surface area (Å²) in [5.74, 6) is -0.967. The second-order valence-corrected chi connectivity index (χ2v) is 8.44. The predicted octanol–water partition coefficient (Wildman–Crippen LogP) is 2.91. The number of nitrogens with one attached hydrogen (secondary N) is 2. The van der Waals surface area contributed by atoms with Crippen LogP contribution < -0.4 is 11.1 Å². The summed E-state index contributed by atoms with van der Waals surface area (Å²) in [5, 5.41) is 11.1. The van der Waals surface area contributed by atoms with E-state index in [1.54, 1.807) is 11.3 Å². The molecule has 0 bridgehead atoms. The molecule has 7 nitrogen and oxygen atoms in total. The average Bonchev–Trinajstić information content (AvgIpc) is 3.20. The number of aromatic amines is 1. The second kappa shape index (κ2) is 7.20. The maximum Gasteiger partial charge on any atom is 0.286 e. The van der Waals surface area contributed by atoms with Crippen molar-refractivity contribution >= 4 is 28.8 Å². The Morgan fingerprint density at radius 3 is 2.64 bits per heavy atom. The Balaban J connectivity index is 1.75. The number of hydrogen-bond donors (Lipinski definition) is 3. The number of amides is 2. The Kier molecular flexibility index (Phi) is 4.72. The van der Waals surface area contributed by atoms with Gasteiger partial charge in [0, 0.05) is 9.75 Å². The third-order valence-electron chi connectivity index (χ3n) is 5.27. The second-order valence-electron chi connectivity index (χ2n) is 7.01. The summed E-state index contributed by atoms with van der Waals surface area (Å²) in [7, 11) is 0. The van der Waals surface area contributed by atoms with Crippen LogP contribution >= 0.6 is 11.3 Å². The largest absolute Gasteiger partial charge is 0.363 e. The van der Waals surface area contributed by atoms with Gasteiger partial charge in [-0.05, 0) is 37.8 Å². The molecule has 1 aliphatic rings. The van der Waals surface area contributed by atoms with Crippen LogP contribution in [0.5, 0.6) is 0 Å². The predicted molar refractivity (Wildman–Crippen MR) is 107 cm³/mol. The molecular weight excluding hydrogens is 374 g/mol. The monoisotopic (exact) mass is 395 g/mol. The van der Waals surface area contributed by atoms with Crippen LogP contribution in [-0.2, 0) is 11.2 Å². The summed E-state index contributed by atoms with van der Waals surface area (Å²) >= 11 is 1.71. The molecule has 0 aliphatic carbocycles. The van der Waals surface area contributed by atoms with Crippen molar-refractivity contribution in [3.63, 3.8) is 0 Å². The van der Waals surface area contributed by atoms with Crippen molar-refractivity contribution in [3.05, 3.63) is 62.9 Å². The Hall–Kier alpha value is -3.00. The van der Waals surface area contributed by atoms with Gasteiger partial charge in [-0.15, -0.1) is 21.5 Å². The number of benzene rings is 1. The Labute approximate surface area is 166 Å². The van der Waals surface area contributed by atoms with Crippen molar-refractivity contribution in [3.8, 4) is 0 Å². The number of carbonyl (C=O) groups excluding carboxylic acids is 2. The lowest BCUT2D eigenvalue weighted by atomic mass is 9.82. The number of aryl methyl sites for hydroxylation is 2. The molecule has 144 valence electrons. The van der Waals surface area contributed by atoms with Gasteiger partial charge in [-0.3, -0.25) is 9.59 Å². The standard InChI is InChI=1S/C20H21N5O2S/c1-10-13-8-9-14(20(27)22-16(13)11(2)28-10)15(12-6-4-3-5-7-12)18-23-19(17(21)26)25-24-18/h3-7,14-15H,8-9H2,1-2H3,(H2,21,26)(H,22,27)(H,23,24,25). The summed E-state index contributed by atoms with van der Waals surface area (Å²) in [4.78, 5) is 29.9. The molecule has 0 radical (unpaired) electrons. The van der Waals surface area contributed by atoms with Crippen molar-refractivity contribution in [1.29, 1.82) is 0 Å². The lowest BCUT2D eigenvalue weighted by Gasteiger charge is -2.23. The van der Waals surface area contributed by atoms with E-state index in [9.17, 15) is 9.59 Å². The zero-order valence-electron chi connectivity index (χ0n) is 15.7. The quantitative estimate of drug-likeness (QED) is 0.630. The molecule has 2 atom stereocenters. The molecule has 2 unspecified atom stereocenters. The molecule has 4 rings (SSSR count). The van der Waals surface area contributed by atoms with E-state index in [-0.39, 0.29) is 23.6 Å². The number of fused-ring (bicyclic) bond motifs is 1. The molecule has 28 heavy (non-hydrogen) atoms. The first-order valence-electron chi connectivity index (χ1n) is 9.12. The molecule has 3 aromatic rings. The number of hydrogen-bond acceptors (Lipinski definition) is 5. The molecule has 1 aliphatic heterocycles. The van der Waals surface area contributed by atoms with E-state index in [2.05, 4.69) is 27.4 Å². The maximum atomic E-state index is 13.2. The van der Waals surface area contributed by atoms with E-state index < -0.39 is 5.91 Å². The summed E-state index contributed by atoms with van der Waals surface area (Å²) in [6, 6.07) is 9.69. The van der Waals surface area contributed by atoms with E-state index in [0.717, 1.165) is 22.5 Å². The lowest BCUT2D eigenvalue weighted by Crippen LogP contribution is -2.29. The fraction of sp³-hybridized carbons (Fsp3) is 0.300. The van der Waals surface area contributed by atoms with Gasteiger partial charge in [-0.25, -0.2) is 0 Å². The van der Waals surface area contributed by atoms with Crippen molar-refractivity contribution in [2.75, 3.05) is 5.32 Å². The van der Waals surface area contributed by atoms with Gasteiger partial charge < -0.3 is 16.0 Å². The molecule has 1 aromatic carbocycles. The fourth-order valence-corrected chi connectivity index (χ4v) is 4.99. The van der Waals surface area contributed by atoms with Crippen LogP contribution in [0.15, 0.2) is 30.3 Å². The molecule has 0 fully saturated rings. The number of rotatable bonds is 4. The average molecular weight is 395 g/mol. The van der Waals surface area contributed by atoms with Crippen molar-refractivity contribution in [2.45, 2.75) is 32.6 Å². The number of aromatic nitrogens is 3. The summed E-state index contributed by atoms with van der Waals surface area (Å²) in [6.45, 7) is 4.12. The van der Waals surface area contributed by atoms with Crippen LogP contribution in [0.4, 0.5) is 5.69 Å². The minimum Gasteiger partial charge on any atom is -0.363 e. The van der Waals surface area contributed by atoms with Crippen LogP contribution in [0.3, 0.4) is 0 Å². The van der Waals surface area contributed by atoms with Gasteiger partial charge in [0.25, 0.3) is 5.91 Å². The molecule has 2 aromatic heterocycles. The van der Waals surface area contributed by atoms with Gasteiger partial charge in [-0.1, -0.05) is 30.3 Å². The third-order valence-corrected chi connectivity index (χ3v) is 6.33. The first-order valence-corrected chi connectivity index (χ1v) is 9.94. The Morgan fingerprint density at radius 2 is 1.96 bits per heavy atom. The van der Waals surface area contributed by atoms with E-state index in [1.165, 1.54) is 10.4 Å². The molecule has 8 heteroatoms. The van der Waals surface area contributed by atoms with Crippen molar-refractivity contribution in [1.82, 2.24) is 15.2 Å². The molecule has 0 spiro atoms. The van der Waals surface area contributed by atoms with Gasteiger partial charge in [-0.2, -0.15) is 0 Å². The number of nitrogens with two attached hydrogens (primary N) is 1. The zero-order valence-corrected chi connectivity index (χ0v) is 16.5. The first-order chi connectivity index (χ1) is 13.5. The third kappa shape index (κ3) is 3.20. The number of H-pyrrole nitrogens is 1. The molecule has 2 amide bonds. The van der Waals surface area contributed by atoms with Gasteiger partial charge in [0.1, 0.15) is 5.82 Å². The highest BCUT2D eigenvalue weighted by molar-refractivity contribution is 7.12. The number of carbonyl (C=O) groups is 2. The highest BCUT2D eigenvalue weighted by atomic mass is 32.1. The van der Waals surface area contributed by atoms with Crippen LogP contribution in [0.25, 0.3) is 0 Å². The van der Waals surface area contributed by atoms with Gasteiger partial charge >= 0.3 is 0 Å². The Bertz CT molecular complexity index is 1040. The maximum absolute atomic E-state index is 13.2. The normalized spacial score (nSPS) is 17.5. The van der Waals surface area contributed by atoms with E-state index >= 15 is 0 Å². The van der Waals surface area contributed by atoms with Gasteiger partial charge in [0.2, 0.25) is 11.7 Å². The lowest BCUT2D eigenvalue weighted by molar-refractivity contribution is -0.120. The Morgan fingerprint density at radius 1 is 1.21 bits per heavy atom. The molecule has 3 heterocycles. The number of thiophene rings is 1. The number of anilines is 1. The zero-order chi connectivity index (χ0) is 19.8. The van der Waals surface area contributed by atoms with E-state index in [1.807, 2.05) is 37.3 Å². The summed E-state index contributed by atoms with van der Waals surface area (Å²) in [5.41, 5.74) is 8.41. The molecule has 4 N–H and O–H groups in total.